The summed E-state index contributed by atoms with van der Waals surface area (Å²) in [6, 6.07) is 14.3. The minimum absolute atomic E-state index is 0.0330. The fourth-order valence-electron chi connectivity index (χ4n) is 3.97. The van der Waals surface area contributed by atoms with E-state index in [1.54, 1.807) is 7.11 Å². The lowest BCUT2D eigenvalue weighted by Crippen LogP contribution is -2.30. The number of aryl methyl sites for hydroxylation is 1. The van der Waals surface area contributed by atoms with E-state index in [1.165, 1.54) is 0 Å². The first-order chi connectivity index (χ1) is 17.0. The Morgan fingerprint density at radius 1 is 1.11 bits per heavy atom. The first kappa shape index (κ1) is 29.2. The zero-order valence-corrected chi connectivity index (χ0v) is 23.0. The Kier molecular flexibility index (Phi) is 11.3. The number of hydrogen-bond donors (Lipinski definition) is 2. The van der Waals surface area contributed by atoms with Crippen LogP contribution in [0.15, 0.2) is 54.4 Å². The minimum atomic E-state index is -0.534. The van der Waals surface area contributed by atoms with Crippen molar-refractivity contribution in [2.75, 3.05) is 13.7 Å². The molecule has 0 aliphatic carbocycles. The van der Waals surface area contributed by atoms with Gasteiger partial charge in [0.1, 0.15) is 11.4 Å². The number of benzene rings is 2. The summed E-state index contributed by atoms with van der Waals surface area (Å²) in [5.74, 6) is 0.286. The van der Waals surface area contributed by atoms with Gasteiger partial charge in [-0.3, -0.25) is 4.79 Å². The molecule has 0 spiro atoms. The molecule has 36 heavy (non-hydrogen) atoms. The van der Waals surface area contributed by atoms with Crippen LogP contribution in [0.25, 0.3) is 0 Å². The van der Waals surface area contributed by atoms with E-state index in [4.69, 9.17) is 19.9 Å². The molecule has 0 radical (unpaired) electrons. The third kappa shape index (κ3) is 9.57. The summed E-state index contributed by atoms with van der Waals surface area (Å²) in [6.45, 7) is 13.6. The minimum Gasteiger partial charge on any atom is -0.497 e. The second kappa shape index (κ2) is 13.9. The van der Waals surface area contributed by atoms with Gasteiger partial charge >= 0.3 is 5.97 Å². The Hall–Kier alpha value is -2.99. The van der Waals surface area contributed by atoms with E-state index in [2.05, 4.69) is 30.4 Å². The molecule has 3 N–H and O–H groups in total. The van der Waals surface area contributed by atoms with E-state index in [0.717, 1.165) is 46.7 Å². The molecule has 0 bridgehead atoms. The Balaban J connectivity index is 2.20. The van der Waals surface area contributed by atoms with E-state index in [-0.39, 0.29) is 17.8 Å². The molecule has 0 saturated carbocycles. The van der Waals surface area contributed by atoms with Gasteiger partial charge in [0, 0.05) is 18.4 Å². The van der Waals surface area contributed by atoms with E-state index in [1.807, 2.05) is 65.1 Å². The average Bonchev–Trinajstić information content (AvgIpc) is 2.83. The van der Waals surface area contributed by atoms with Crippen LogP contribution in [0.5, 0.6) is 5.75 Å². The van der Waals surface area contributed by atoms with Crippen LogP contribution in [0.4, 0.5) is 0 Å². The monoisotopic (exact) mass is 496 g/mol. The summed E-state index contributed by atoms with van der Waals surface area (Å²) in [5.41, 5.74) is 10.9. The fourth-order valence-corrected chi connectivity index (χ4v) is 3.97. The van der Waals surface area contributed by atoms with Crippen LogP contribution in [0, 0.1) is 12.8 Å². The number of carbonyl (C=O) groups excluding carboxylic acids is 1. The molecule has 0 heterocycles. The number of nitrogens with one attached hydrogen (secondary N) is 1. The van der Waals surface area contributed by atoms with Gasteiger partial charge in [-0.25, -0.2) is 0 Å². The lowest BCUT2D eigenvalue weighted by atomic mass is 9.82. The largest absolute Gasteiger partial charge is 0.497 e. The lowest BCUT2D eigenvalue weighted by Gasteiger charge is -2.28. The fraction of sp³-hybridized carbons (Fsp3) is 0.500. The topological polar surface area (TPSA) is 82.8 Å². The van der Waals surface area contributed by atoms with Gasteiger partial charge in [-0.15, -0.1) is 0 Å². The van der Waals surface area contributed by atoms with Crippen molar-refractivity contribution in [1.29, 1.82) is 0 Å². The summed E-state index contributed by atoms with van der Waals surface area (Å²) in [6.07, 6.45) is 3.27. The van der Waals surface area contributed by atoms with Crippen molar-refractivity contribution in [2.24, 2.45) is 11.7 Å². The molecule has 0 fully saturated rings. The molecule has 2 atom stereocenters. The highest BCUT2D eigenvalue weighted by Crippen LogP contribution is 2.33. The van der Waals surface area contributed by atoms with Crippen molar-refractivity contribution < 1.29 is 19.0 Å². The standard InChI is InChI=1S/C30H44N2O4/c1-8-32-18-26(31)13-16-28(22(3)29(33)36-30(4,5)6)24-12-9-21(2)25(17-24)20-35-19-23-10-14-27(34-7)15-11-23/h9-12,14-15,17-18,22,28,32H,8,13,16,19-20,31H2,1-7H3/b26-18-. The highest BCUT2D eigenvalue weighted by Gasteiger charge is 2.30. The SMILES string of the molecule is CCN/C=C(\N)CCC(c1ccc(C)c(COCc2ccc(OC)cc2)c1)C(C)C(=O)OC(C)(C)C. The lowest BCUT2D eigenvalue weighted by molar-refractivity contribution is -0.160. The van der Waals surface area contributed by atoms with Gasteiger partial charge in [0.25, 0.3) is 0 Å². The number of hydrogen-bond acceptors (Lipinski definition) is 6. The Bertz CT molecular complexity index is 993. The van der Waals surface area contributed by atoms with Gasteiger partial charge in [0.15, 0.2) is 0 Å². The number of carbonyl (C=O) groups is 1. The molecule has 0 aliphatic rings. The molecule has 198 valence electrons. The number of nitrogens with two attached hydrogens (primary N) is 1. The normalized spacial score (nSPS) is 13.7. The Labute approximate surface area is 217 Å². The van der Waals surface area contributed by atoms with Crippen LogP contribution in [-0.2, 0) is 27.5 Å². The van der Waals surface area contributed by atoms with Crippen molar-refractivity contribution in [3.05, 3.63) is 76.6 Å². The predicted molar refractivity (Wildman–Crippen MR) is 146 cm³/mol. The number of allylic oxidation sites excluding steroid dienone is 1. The van der Waals surface area contributed by atoms with Crippen LogP contribution >= 0.6 is 0 Å². The van der Waals surface area contributed by atoms with Gasteiger partial charge in [-0.1, -0.05) is 37.3 Å². The molecule has 6 heteroatoms. The van der Waals surface area contributed by atoms with Gasteiger partial charge in [-0.2, -0.15) is 0 Å². The van der Waals surface area contributed by atoms with Crippen LogP contribution in [0.3, 0.4) is 0 Å². The maximum Gasteiger partial charge on any atom is 0.309 e. The third-order valence-corrected chi connectivity index (χ3v) is 6.10. The quantitative estimate of drug-likeness (QED) is 0.332. The highest BCUT2D eigenvalue weighted by molar-refractivity contribution is 5.73. The number of methoxy groups -OCH3 is 1. The smallest absolute Gasteiger partial charge is 0.309 e. The molecule has 6 nitrogen and oxygen atoms in total. The first-order valence-corrected chi connectivity index (χ1v) is 12.7. The number of ether oxygens (including phenoxy) is 3. The molecule has 2 unspecified atom stereocenters. The molecule has 2 rings (SSSR count). The summed E-state index contributed by atoms with van der Waals surface area (Å²) >= 11 is 0. The van der Waals surface area contributed by atoms with E-state index < -0.39 is 5.60 Å². The summed E-state index contributed by atoms with van der Waals surface area (Å²) in [5, 5.41) is 3.15. The predicted octanol–water partition coefficient (Wildman–Crippen LogP) is 5.97. The van der Waals surface area contributed by atoms with E-state index in [9.17, 15) is 4.79 Å². The van der Waals surface area contributed by atoms with E-state index >= 15 is 0 Å². The number of rotatable bonds is 13. The van der Waals surface area contributed by atoms with Crippen molar-refractivity contribution in [3.63, 3.8) is 0 Å². The second-order valence-electron chi connectivity index (χ2n) is 10.3. The molecule has 0 amide bonds. The van der Waals surface area contributed by atoms with Crippen LogP contribution < -0.4 is 15.8 Å². The van der Waals surface area contributed by atoms with Crippen LogP contribution in [0.1, 0.15) is 75.6 Å². The Morgan fingerprint density at radius 2 is 1.81 bits per heavy atom. The van der Waals surface area contributed by atoms with Gasteiger partial charge < -0.3 is 25.3 Å². The third-order valence-electron chi connectivity index (χ3n) is 6.10. The highest BCUT2D eigenvalue weighted by atomic mass is 16.6. The molecular formula is C30H44N2O4. The zero-order valence-electron chi connectivity index (χ0n) is 23.0. The first-order valence-electron chi connectivity index (χ1n) is 12.7. The second-order valence-corrected chi connectivity index (χ2v) is 10.3. The average molecular weight is 497 g/mol. The van der Waals surface area contributed by atoms with Crippen molar-refractivity contribution in [2.45, 2.75) is 79.1 Å². The van der Waals surface area contributed by atoms with Crippen molar-refractivity contribution in [3.8, 4) is 5.75 Å². The van der Waals surface area contributed by atoms with Crippen LogP contribution in [-0.4, -0.2) is 25.2 Å². The zero-order chi connectivity index (χ0) is 26.7. The molecule has 0 aliphatic heterocycles. The molecule has 2 aromatic rings. The maximum absolute atomic E-state index is 13.0. The van der Waals surface area contributed by atoms with E-state index in [0.29, 0.717) is 19.6 Å². The van der Waals surface area contributed by atoms with Crippen molar-refractivity contribution >= 4 is 5.97 Å². The van der Waals surface area contributed by atoms with Crippen LogP contribution in [0.2, 0.25) is 0 Å². The Morgan fingerprint density at radius 3 is 2.42 bits per heavy atom. The molecule has 0 saturated heterocycles. The van der Waals surface area contributed by atoms with Gasteiger partial charge in [-0.05, 0) is 87.8 Å². The summed E-state index contributed by atoms with van der Waals surface area (Å²) in [4.78, 5) is 13.0. The summed E-state index contributed by atoms with van der Waals surface area (Å²) in [7, 11) is 1.66. The van der Waals surface area contributed by atoms with Crippen molar-refractivity contribution in [1.82, 2.24) is 5.32 Å². The van der Waals surface area contributed by atoms with Gasteiger partial charge in [0.2, 0.25) is 0 Å². The summed E-state index contributed by atoms with van der Waals surface area (Å²) < 4.78 is 17.0. The molecule has 2 aromatic carbocycles. The molecular weight excluding hydrogens is 452 g/mol. The molecule has 0 aromatic heterocycles. The number of esters is 1. The maximum atomic E-state index is 13.0. The van der Waals surface area contributed by atoms with Gasteiger partial charge in [0.05, 0.1) is 26.2 Å².